The molecule has 48 heavy (non-hydrogen) atoms. The molecule has 14 heteroatoms. The first-order chi connectivity index (χ1) is 22.5. The van der Waals surface area contributed by atoms with Gasteiger partial charge in [-0.1, -0.05) is 97.8 Å². The molecule has 4 aromatic carbocycles. The molecule has 0 heterocycles. The molecule has 1 N–H and O–H groups in total. The minimum absolute atomic E-state index is 0.386. The first-order valence-electron chi connectivity index (χ1n) is 15.1. The summed E-state index contributed by atoms with van der Waals surface area (Å²) in [5, 5.41) is 0. The second kappa shape index (κ2) is 24.4. The Morgan fingerprint density at radius 2 is 1.15 bits per heavy atom. The van der Waals surface area contributed by atoms with Crippen molar-refractivity contribution in [1.82, 2.24) is 4.31 Å². The van der Waals surface area contributed by atoms with Gasteiger partial charge in [-0.2, -0.15) is 0 Å². The summed E-state index contributed by atoms with van der Waals surface area (Å²) in [6, 6.07) is 38.5. The molecule has 266 valence electrons. The Balaban J connectivity index is 0.000000590. The van der Waals surface area contributed by atoms with Gasteiger partial charge in [-0.15, -0.1) is 16.1 Å². The van der Waals surface area contributed by atoms with E-state index in [-0.39, 0.29) is 0 Å². The number of rotatable bonds is 9. The zero-order valence-corrected chi connectivity index (χ0v) is 31.5. The molecule has 0 aliphatic rings. The fourth-order valence-electron chi connectivity index (χ4n) is 3.50. The van der Waals surface area contributed by atoms with E-state index < -0.39 is 37.9 Å². The molecular weight excluding hydrogens is 699 g/mol. The lowest BCUT2D eigenvalue weighted by Gasteiger charge is -2.15. The SMILES string of the molecule is CCS(=N)(=O)c1ccccc1.CCS(=O)c1ccccc1.CCSc1ccccc1.CC[S+](=O)(c1ccccc1)N(C)C.F[B-](F)(F)F. The Bertz CT molecular complexity index is 1560. The maximum Gasteiger partial charge on any atom is 0.673 e. The van der Waals surface area contributed by atoms with Gasteiger partial charge in [0.15, 0.2) is 15.0 Å². The van der Waals surface area contributed by atoms with Crippen LogP contribution in [0.25, 0.3) is 0 Å². The lowest BCUT2D eigenvalue weighted by molar-refractivity contribution is 0.368. The van der Waals surface area contributed by atoms with Crippen LogP contribution in [0, 0.1) is 4.78 Å². The smallest absolute Gasteiger partial charge is 0.418 e. The van der Waals surface area contributed by atoms with Gasteiger partial charge in [-0.3, -0.25) is 4.21 Å². The predicted molar refractivity (Wildman–Crippen MR) is 200 cm³/mol. The van der Waals surface area contributed by atoms with Crippen LogP contribution < -0.4 is 0 Å². The van der Waals surface area contributed by atoms with E-state index in [0.717, 1.165) is 15.5 Å². The fraction of sp³-hybridized carbons (Fsp3) is 0.294. The van der Waals surface area contributed by atoms with Crippen molar-refractivity contribution in [3.05, 3.63) is 121 Å². The van der Waals surface area contributed by atoms with Gasteiger partial charge in [0.2, 0.25) is 0 Å². The summed E-state index contributed by atoms with van der Waals surface area (Å²) in [6.07, 6.45) is 0. The third-order valence-corrected chi connectivity index (χ3v) is 13.0. The van der Waals surface area contributed by atoms with Crippen molar-refractivity contribution in [1.29, 1.82) is 4.78 Å². The molecule has 0 aliphatic heterocycles. The minimum atomic E-state index is -6.00. The maximum atomic E-state index is 12.4. The summed E-state index contributed by atoms with van der Waals surface area (Å²) in [5.41, 5.74) is 0. The van der Waals surface area contributed by atoms with Crippen molar-refractivity contribution in [3.63, 3.8) is 0 Å². The second-order valence-corrected chi connectivity index (χ2v) is 18.1. The normalized spacial score (nSPS) is 13.6. The molecule has 0 aliphatic carbocycles. The van der Waals surface area contributed by atoms with Crippen LogP contribution in [0.4, 0.5) is 17.3 Å². The van der Waals surface area contributed by atoms with E-state index in [2.05, 4.69) is 31.2 Å². The Labute approximate surface area is 293 Å². The summed E-state index contributed by atoms with van der Waals surface area (Å²) in [4.78, 5) is 3.83. The van der Waals surface area contributed by atoms with E-state index in [9.17, 15) is 29.9 Å². The highest BCUT2D eigenvalue weighted by Crippen LogP contribution is 2.21. The molecule has 3 atom stereocenters. The highest BCUT2D eigenvalue weighted by Gasteiger charge is 2.31. The average molecular weight is 747 g/mol. The highest BCUT2D eigenvalue weighted by atomic mass is 32.3. The van der Waals surface area contributed by atoms with E-state index in [1.807, 2.05) is 117 Å². The van der Waals surface area contributed by atoms with Crippen LogP contribution in [-0.4, -0.2) is 57.1 Å². The van der Waals surface area contributed by atoms with Crippen molar-refractivity contribution >= 4 is 49.7 Å². The van der Waals surface area contributed by atoms with Crippen molar-refractivity contribution in [2.24, 2.45) is 0 Å². The molecule has 0 bridgehead atoms. The molecule has 0 saturated carbocycles. The number of benzene rings is 4. The van der Waals surface area contributed by atoms with E-state index >= 15 is 0 Å². The Morgan fingerprint density at radius 1 is 0.750 bits per heavy atom. The number of nitrogens with zero attached hydrogens (tertiary/aromatic N) is 1. The largest absolute Gasteiger partial charge is 0.673 e. The van der Waals surface area contributed by atoms with E-state index in [4.69, 9.17) is 4.78 Å². The summed E-state index contributed by atoms with van der Waals surface area (Å²) in [5.74, 6) is 2.90. The van der Waals surface area contributed by atoms with Crippen LogP contribution >= 0.6 is 11.8 Å². The van der Waals surface area contributed by atoms with Crippen molar-refractivity contribution in [2.75, 3.05) is 37.1 Å². The van der Waals surface area contributed by atoms with Crippen LogP contribution in [0.1, 0.15) is 27.7 Å². The third kappa shape index (κ3) is 19.9. The van der Waals surface area contributed by atoms with Crippen LogP contribution in [0.5, 0.6) is 0 Å². The first-order valence-corrected chi connectivity index (χ1v) is 20.8. The van der Waals surface area contributed by atoms with E-state index in [0.29, 0.717) is 22.2 Å². The molecule has 0 amide bonds. The van der Waals surface area contributed by atoms with E-state index in [1.54, 1.807) is 31.2 Å². The molecule has 0 aromatic heterocycles. The van der Waals surface area contributed by atoms with Gasteiger partial charge < -0.3 is 17.3 Å². The quantitative estimate of drug-likeness (QED) is 0.0801. The molecule has 3 unspecified atom stereocenters. The van der Waals surface area contributed by atoms with Crippen molar-refractivity contribution in [3.8, 4) is 0 Å². The Hall–Kier alpha value is -2.78. The Kier molecular flexibility index (Phi) is 23.0. The van der Waals surface area contributed by atoms with E-state index in [1.165, 1.54) is 4.90 Å². The van der Waals surface area contributed by atoms with Gasteiger partial charge in [0.05, 0.1) is 20.5 Å². The topological polar surface area (TPSA) is 78.3 Å². The summed E-state index contributed by atoms with van der Waals surface area (Å²) in [6.45, 7) is 7.80. The van der Waals surface area contributed by atoms with Crippen molar-refractivity contribution < 1.29 is 29.9 Å². The maximum absolute atomic E-state index is 12.4. The lowest BCUT2D eigenvalue weighted by Crippen LogP contribution is -2.31. The van der Waals surface area contributed by atoms with Gasteiger partial charge in [0.1, 0.15) is 5.75 Å². The number of halogens is 4. The molecule has 0 saturated heterocycles. The van der Waals surface area contributed by atoms with Crippen molar-refractivity contribution in [2.45, 2.75) is 47.3 Å². The molecule has 0 fully saturated rings. The third-order valence-electron chi connectivity index (χ3n) is 5.95. The molecule has 0 radical (unpaired) electrons. The number of hydrogen-bond donors (Lipinski definition) is 1. The van der Waals surface area contributed by atoms with Crippen LogP contribution in [0.15, 0.2) is 141 Å². The lowest BCUT2D eigenvalue weighted by atomic mass is 10.3. The first kappa shape index (κ1) is 45.2. The fourth-order valence-corrected chi connectivity index (χ4v) is 7.76. The standard InChI is InChI=1S/C10H16NOS.C8H11NOS.C8H10OS.C8H10S.BF4/c1-4-13(12,11(2)3)10-8-6-5-7-9-10;1-2-11(9,10)8-6-4-3-5-7-8;1-2-10(9)8-6-4-3-5-7-8;1-2-9-8-6-4-3-5-7-8;2-1(3,4)5/h5-9H,4H2,1-3H3;3-7,9H,2H2,1H3;3-7H,2H2,1H3;3-7H,2H2,1H3;/q+1;;;;-1. The summed E-state index contributed by atoms with van der Waals surface area (Å²) in [7, 11) is -7.56. The monoisotopic (exact) mass is 746 g/mol. The van der Waals surface area contributed by atoms with Gasteiger partial charge in [-0.25, -0.2) is 8.99 Å². The van der Waals surface area contributed by atoms with Crippen LogP contribution in [-0.2, 0) is 34.9 Å². The minimum Gasteiger partial charge on any atom is -0.418 e. The molecule has 0 spiro atoms. The average Bonchev–Trinajstić information content (AvgIpc) is 3.09. The Morgan fingerprint density at radius 3 is 1.50 bits per heavy atom. The number of hydrogen-bond acceptors (Lipinski definition) is 5. The molecule has 4 rings (SSSR count). The molecular formula is C34H47BF4N2O3S4. The van der Waals surface area contributed by atoms with Gasteiger partial charge in [0, 0.05) is 40.3 Å². The highest BCUT2D eigenvalue weighted by molar-refractivity contribution is 8.00. The zero-order valence-electron chi connectivity index (χ0n) is 28.3. The summed E-state index contributed by atoms with van der Waals surface area (Å²) >= 11 is 1.88. The van der Waals surface area contributed by atoms with Crippen LogP contribution in [0.2, 0.25) is 0 Å². The second-order valence-electron chi connectivity index (χ2n) is 9.52. The van der Waals surface area contributed by atoms with Gasteiger partial charge in [0.25, 0.3) is 0 Å². The van der Waals surface area contributed by atoms with Gasteiger partial charge in [-0.05, 0) is 61.2 Å². The number of nitrogens with one attached hydrogen (secondary N) is 1. The zero-order chi connectivity index (χ0) is 36.6. The van der Waals surface area contributed by atoms with Crippen LogP contribution in [0.3, 0.4) is 0 Å². The molecule has 5 nitrogen and oxygen atoms in total. The molecule has 4 aromatic rings. The van der Waals surface area contributed by atoms with Gasteiger partial charge >= 0.3 is 7.25 Å². The number of thioether (sulfide) groups is 1. The predicted octanol–water partition coefficient (Wildman–Crippen LogP) is 10.1. The summed E-state index contributed by atoms with van der Waals surface area (Å²) < 4.78 is 83.2.